The summed E-state index contributed by atoms with van der Waals surface area (Å²) in [6, 6.07) is 3.63. The minimum atomic E-state index is -1.25. The molecule has 2 N–H and O–H groups in total. The number of halogens is 2. The van der Waals surface area contributed by atoms with Crippen LogP contribution in [-0.4, -0.2) is 11.3 Å². The lowest BCUT2D eigenvalue weighted by atomic mass is 9.83. The Labute approximate surface area is 121 Å². The van der Waals surface area contributed by atoms with E-state index in [0.29, 0.717) is 6.42 Å². The molecule has 0 bridgehead atoms. The third-order valence-electron chi connectivity index (χ3n) is 3.23. The van der Waals surface area contributed by atoms with Gasteiger partial charge in [0.25, 0.3) is 0 Å². The highest BCUT2D eigenvalue weighted by atomic mass is 19.1. The predicted molar refractivity (Wildman–Crippen MR) is 80.6 cm³/mol. The molecular weight excluding hydrogens is 260 g/mol. The van der Waals surface area contributed by atoms with Gasteiger partial charge in [0.1, 0.15) is 11.6 Å². The first-order chi connectivity index (χ1) is 9.29. The van der Waals surface area contributed by atoms with Crippen molar-refractivity contribution in [1.82, 2.24) is 0 Å². The highest BCUT2D eigenvalue weighted by Crippen LogP contribution is 2.21. The smallest absolute Gasteiger partial charge is 0.155 e. The van der Waals surface area contributed by atoms with Crippen LogP contribution in [-0.2, 0) is 11.2 Å². The fraction of sp³-hybridized carbons (Fsp3) is 0.562. The second-order valence-corrected chi connectivity index (χ2v) is 4.97. The van der Waals surface area contributed by atoms with E-state index in [1.54, 1.807) is 6.92 Å². The number of hydrogen-bond acceptors (Lipinski definition) is 2. The van der Waals surface area contributed by atoms with E-state index in [9.17, 15) is 13.6 Å². The molecule has 0 fully saturated rings. The first-order valence-electron chi connectivity index (χ1n) is 7.05. The Kier molecular flexibility index (Phi) is 7.58. The molecule has 1 rings (SSSR count). The van der Waals surface area contributed by atoms with Gasteiger partial charge in [0, 0.05) is 19.3 Å². The second kappa shape index (κ2) is 8.10. The van der Waals surface area contributed by atoms with Gasteiger partial charge in [-0.1, -0.05) is 33.8 Å². The molecule has 1 aromatic carbocycles. The molecule has 2 atom stereocenters. The fourth-order valence-electron chi connectivity index (χ4n) is 1.90. The van der Waals surface area contributed by atoms with E-state index >= 15 is 0 Å². The molecule has 2 unspecified atom stereocenters. The Morgan fingerprint density at radius 1 is 1.35 bits per heavy atom. The number of nitrogens with two attached hydrogens (primary N) is 1. The summed E-state index contributed by atoms with van der Waals surface area (Å²) < 4.78 is 27.0. The molecule has 0 aliphatic carbocycles. The molecule has 4 heteroatoms. The van der Waals surface area contributed by atoms with Gasteiger partial charge in [0.15, 0.2) is 5.78 Å². The number of ketones is 1. The summed E-state index contributed by atoms with van der Waals surface area (Å²) in [5.74, 6) is -1.71. The number of hydrogen-bond donors (Lipinski definition) is 1. The van der Waals surface area contributed by atoms with E-state index in [1.165, 1.54) is 25.1 Å². The first-order valence-corrected chi connectivity index (χ1v) is 7.05. The maximum atomic E-state index is 13.5. The summed E-state index contributed by atoms with van der Waals surface area (Å²) in [6.07, 6.45) is 0.528. The summed E-state index contributed by atoms with van der Waals surface area (Å²) in [5.41, 5.74) is 4.55. The van der Waals surface area contributed by atoms with Gasteiger partial charge in [-0.3, -0.25) is 4.79 Å². The van der Waals surface area contributed by atoms with Gasteiger partial charge in [-0.05, 0) is 25.5 Å². The molecule has 0 aromatic heterocycles. The van der Waals surface area contributed by atoms with E-state index in [4.69, 9.17) is 5.73 Å². The Balaban J connectivity index is 0. The van der Waals surface area contributed by atoms with E-state index in [0.717, 1.165) is 0 Å². The van der Waals surface area contributed by atoms with Crippen molar-refractivity contribution in [2.75, 3.05) is 0 Å². The lowest BCUT2D eigenvalue weighted by molar-refractivity contribution is -0.127. The van der Waals surface area contributed by atoms with E-state index < -0.39 is 17.2 Å². The molecule has 0 saturated carbocycles. The van der Waals surface area contributed by atoms with Gasteiger partial charge < -0.3 is 5.73 Å². The molecule has 116 valence electrons. The van der Waals surface area contributed by atoms with Crippen LogP contribution >= 0.6 is 0 Å². The molecule has 0 radical (unpaired) electrons. The number of Topliss-reactive ketones (excluding diaryl/α,β-unsaturated/α-hetero) is 1. The van der Waals surface area contributed by atoms with Crippen LogP contribution in [0.4, 0.5) is 8.78 Å². The number of benzene rings is 1. The second-order valence-electron chi connectivity index (χ2n) is 4.97. The maximum absolute atomic E-state index is 13.5. The van der Waals surface area contributed by atoms with Crippen molar-refractivity contribution in [2.24, 2.45) is 11.7 Å². The number of carbonyl (C=O) groups excluding carboxylic acids is 1. The van der Waals surface area contributed by atoms with E-state index in [2.05, 4.69) is 0 Å². The van der Waals surface area contributed by atoms with Crippen molar-refractivity contribution in [1.29, 1.82) is 0 Å². The Morgan fingerprint density at radius 3 is 2.20 bits per heavy atom. The topological polar surface area (TPSA) is 43.1 Å². The SMILES string of the molecule is CC.CCC(C)C(=O)C(C)(N)Cc1c(F)cccc1F.[HH]. The van der Waals surface area contributed by atoms with Crippen LogP contribution in [0.2, 0.25) is 0 Å². The standard InChI is InChI=1S/C14H19F2NO.C2H6.H2/c1-4-9(2)13(18)14(3,17)8-10-11(15)6-5-7-12(10)16;1-2;/h5-7,9H,4,8,17H2,1-3H3;1-2H3;1H. The third kappa shape index (κ3) is 4.67. The molecular formula is C16H27F2NO. The zero-order valence-electron chi connectivity index (χ0n) is 13.0. The van der Waals surface area contributed by atoms with Gasteiger partial charge in [-0.25, -0.2) is 8.78 Å². The van der Waals surface area contributed by atoms with Crippen molar-refractivity contribution < 1.29 is 15.0 Å². The summed E-state index contributed by atoms with van der Waals surface area (Å²) in [6.45, 7) is 9.17. The van der Waals surface area contributed by atoms with Crippen LogP contribution in [0.25, 0.3) is 0 Å². The Hall–Kier alpha value is -1.29. The zero-order valence-corrected chi connectivity index (χ0v) is 13.0. The number of carbonyl (C=O) groups is 1. The molecule has 0 saturated heterocycles. The monoisotopic (exact) mass is 287 g/mol. The van der Waals surface area contributed by atoms with Crippen LogP contribution < -0.4 is 5.73 Å². The summed E-state index contributed by atoms with van der Waals surface area (Å²) in [4.78, 5) is 12.1. The molecule has 0 amide bonds. The van der Waals surface area contributed by atoms with Crippen LogP contribution in [0, 0.1) is 17.6 Å². The van der Waals surface area contributed by atoms with Crippen LogP contribution in [0.5, 0.6) is 0 Å². The van der Waals surface area contributed by atoms with Gasteiger partial charge in [0.2, 0.25) is 0 Å². The fourth-order valence-corrected chi connectivity index (χ4v) is 1.90. The van der Waals surface area contributed by atoms with Crippen LogP contribution in [0.15, 0.2) is 18.2 Å². The molecule has 0 aliphatic rings. The molecule has 2 nitrogen and oxygen atoms in total. The average Bonchev–Trinajstić information content (AvgIpc) is 2.43. The van der Waals surface area contributed by atoms with Crippen molar-refractivity contribution in [3.05, 3.63) is 35.4 Å². The predicted octanol–water partition coefficient (Wildman–Crippen LogP) is 4.11. The highest BCUT2D eigenvalue weighted by Gasteiger charge is 2.33. The van der Waals surface area contributed by atoms with Crippen molar-refractivity contribution in [2.45, 2.75) is 53.0 Å². The average molecular weight is 287 g/mol. The third-order valence-corrected chi connectivity index (χ3v) is 3.23. The lowest BCUT2D eigenvalue weighted by Gasteiger charge is -2.26. The largest absolute Gasteiger partial charge is 0.319 e. The minimum Gasteiger partial charge on any atom is -0.319 e. The normalized spacial score (nSPS) is 14.8. The van der Waals surface area contributed by atoms with E-state index in [-0.39, 0.29) is 25.1 Å². The van der Waals surface area contributed by atoms with Crippen LogP contribution in [0.3, 0.4) is 0 Å². The first kappa shape index (κ1) is 18.7. The van der Waals surface area contributed by atoms with Gasteiger partial charge in [-0.2, -0.15) is 0 Å². The van der Waals surface area contributed by atoms with Crippen molar-refractivity contribution in [3.8, 4) is 0 Å². The summed E-state index contributed by atoms with van der Waals surface area (Å²) in [5, 5.41) is 0. The Morgan fingerprint density at radius 2 is 1.80 bits per heavy atom. The lowest BCUT2D eigenvalue weighted by Crippen LogP contribution is -2.49. The molecule has 1 aromatic rings. The zero-order chi connectivity index (χ0) is 15.9. The quantitative estimate of drug-likeness (QED) is 0.885. The molecule has 0 heterocycles. The molecule has 0 spiro atoms. The summed E-state index contributed by atoms with van der Waals surface area (Å²) in [7, 11) is 0. The minimum absolute atomic E-state index is 0. The van der Waals surface area contributed by atoms with E-state index in [1.807, 2.05) is 20.8 Å². The maximum Gasteiger partial charge on any atom is 0.155 e. The van der Waals surface area contributed by atoms with Gasteiger partial charge in [0.05, 0.1) is 5.54 Å². The van der Waals surface area contributed by atoms with Gasteiger partial charge >= 0.3 is 0 Å². The summed E-state index contributed by atoms with van der Waals surface area (Å²) >= 11 is 0. The molecule has 0 aliphatic heterocycles. The van der Waals surface area contributed by atoms with Gasteiger partial charge in [-0.15, -0.1) is 0 Å². The highest BCUT2D eigenvalue weighted by molar-refractivity contribution is 5.89. The van der Waals surface area contributed by atoms with Crippen molar-refractivity contribution in [3.63, 3.8) is 0 Å². The van der Waals surface area contributed by atoms with Crippen LogP contribution in [0.1, 0.15) is 48.0 Å². The van der Waals surface area contributed by atoms with Crippen molar-refractivity contribution >= 4 is 5.78 Å². The Bertz CT molecular complexity index is 430. The molecule has 20 heavy (non-hydrogen) atoms. The number of rotatable bonds is 5.